The van der Waals surface area contributed by atoms with Crippen LogP contribution in [0.15, 0.2) is 91.1 Å². The molecule has 3 aliphatic heterocycles. The van der Waals surface area contributed by atoms with E-state index in [1.54, 1.807) is 0 Å². The number of nitrogens with one attached hydrogen (secondary N) is 1. The lowest BCUT2D eigenvalue weighted by Crippen LogP contribution is -2.57. The first-order valence-corrected chi connectivity index (χ1v) is 12.8. The smallest absolute Gasteiger partial charge is 0.224 e. The van der Waals surface area contributed by atoms with E-state index in [1.165, 1.54) is 11.1 Å². The Kier molecular flexibility index (Phi) is 6.35. The van der Waals surface area contributed by atoms with Gasteiger partial charge in [-0.25, -0.2) is 0 Å². The summed E-state index contributed by atoms with van der Waals surface area (Å²) in [6.45, 7) is 3.29. The van der Waals surface area contributed by atoms with E-state index in [1.807, 2.05) is 35.1 Å². The summed E-state index contributed by atoms with van der Waals surface area (Å²) in [5, 5.41) is 12.0. The van der Waals surface area contributed by atoms with Gasteiger partial charge in [0.05, 0.1) is 18.7 Å². The normalized spacial score (nSPS) is 22.9. The first-order valence-electron chi connectivity index (χ1n) is 12.8. The van der Waals surface area contributed by atoms with E-state index in [2.05, 4.69) is 81.2 Å². The molecule has 36 heavy (non-hydrogen) atoms. The zero-order chi connectivity index (χ0) is 24.3. The van der Waals surface area contributed by atoms with Gasteiger partial charge in [0.15, 0.2) is 0 Å². The number of carbonyl (C=O) groups is 1. The average molecular weight is 478 g/mol. The molecule has 7 rings (SSSR count). The molecule has 6 heteroatoms. The summed E-state index contributed by atoms with van der Waals surface area (Å²) in [6, 6.07) is 29.4. The molecule has 1 aromatic heterocycles. The standard InChI is InChI=1S/C30H31N5O/c36-30(31-18-22-7-3-1-4-8-22)28-20-34-16-15-26(28)17-27(34)19-35-21-29(32-33-35)25-13-11-24(12-14-25)23-9-5-2-6-10-23/h1-14,21,26-28H,15-20H2,(H,31,36)/t26-,27+,28+/m0/s1. The van der Waals surface area contributed by atoms with Gasteiger partial charge in [0.1, 0.15) is 5.69 Å². The molecule has 1 amide bonds. The highest BCUT2D eigenvalue weighted by molar-refractivity contribution is 5.79. The maximum atomic E-state index is 12.9. The minimum Gasteiger partial charge on any atom is -0.352 e. The summed E-state index contributed by atoms with van der Waals surface area (Å²) in [7, 11) is 0. The van der Waals surface area contributed by atoms with Crippen molar-refractivity contribution in [3.05, 3.63) is 96.7 Å². The summed E-state index contributed by atoms with van der Waals surface area (Å²) < 4.78 is 1.97. The van der Waals surface area contributed by atoms with Crippen molar-refractivity contribution in [3.63, 3.8) is 0 Å². The van der Waals surface area contributed by atoms with E-state index < -0.39 is 0 Å². The monoisotopic (exact) mass is 477 g/mol. The lowest BCUT2D eigenvalue weighted by molar-refractivity contribution is -0.133. The molecule has 0 saturated carbocycles. The van der Waals surface area contributed by atoms with Gasteiger partial charge in [-0.1, -0.05) is 90.1 Å². The molecule has 0 aliphatic carbocycles. The van der Waals surface area contributed by atoms with Crippen molar-refractivity contribution < 1.29 is 4.79 Å². The van der Waals surface area contributed by atoms with E-state index >= 15 is 0 Å². The second-order valence-corrected chi connectivity index (χ2v) is 10.0. The van der Waals surface area contributed by atoms with Crippen molar-refractivity contribution in [1.82, 2.24) is 25.2 Å². The SMILES string of the molecule is O=C(NCc1ccccc1)[C@@H]1CN2CC[C@H]1C[C@@H]2Cn1cc(-c2ccc(-c3ccccc3)cc2)nn1. The molecule has 2 bridgehead atoms. The third kappa shape index (κ3) is 4.82. The molecule has 1 unspecified atom stereocenters. The summed E-state index contributed by atoms with van der Waals surface area (Å²) in [5.41, 5.74) is 5.51. The Morgan fingerprint density at radius 3 is 2.31 bits per heavy atom. The van der Waals surface area contributed by atoms with Gasteiger partial charge in [0, 0.05) is 24.7 Å². The fourth-order valence-electron chi connectivity index (χ4n) is 5.74. The van der Waals surface area contributed by atoms with Crippen molar-refractivity contribution in [2.24, 2.45) is 11.8 Å². The van der Waals surface area contributed by atoms with E-state index in [0.717, 1.165) is 49.3 Å². The van der Waals surface area contributed by atoms with E-state index in [-0.39, 0.29) is 11.8 Å². The molecular formula is C30H31N5O. The van der Waals surface area contributed by atoms with Crippen LogP contribution in [0.25, 0.3) is 22.4 Å². The minimum absolute atomic E-state index is 0.0770. The van der Waals surface area contributed by atoms with Crippen LogP contribution in [0.5, 0.6) is 0 Å². The van der Waals surface area contributed by atoms with Crippen LogP contribution in [0.2, 0.25) is 0 Å². The summed E-state index contributed by atoms with van der Waals surface area (Å²) >= 11 is 0. The molecular weight excluding hydrogens is 446 g/mol. The van der Waals surface area contributed by atoms with Gasteiger partial charge in [0.25, 0.3) is 0 Å². The predicted molar refractivity (Wildman–Crippen MR) is 141 cm³/mol. The van der Waals surface area contributed by atoms with Gasteiger partial charge in [-0.2, -0.15) is 0 Å². The van der Waals surface area contributed by atoms with Crippen LogP contribution in [-0.4, -0.2) is 44.9 Å². The van der Waals surface area contributed by atoms with Gasteiger partial charge < -0.3 is 5.32 Å². The number of fused-ring (bicyclic) bond motifs is 3. The molecule has 4 heterocycles. The van der Waals surface area contributed by atoms with Crippen LogP contribution < -0.4 is 5.32 Å². The Morgan fingerprint density at radius 2 is 1.58 bits per heavy atom. The number of rotatable bonds is 7. The van der Waals surface area contributed by atoms with Gasteiger partial charge >= 0.3 is 0 Å². The van der Waals surface area contributed by atoms with Crippen molar-refractivity contribution >= 4 is 5.91 Å². The number of hydrogen-bond donors (Lipinski definition) is 1. The van der Waals surface area contributed by atoms with Gasteiger partial charge in [-0.15, -0.1) is 5.10 Å². The van der Waals surface area contributed by atoms with Crippen LogP contribution in [-0.2, 0) is 17.9 Å². The molecule has 3 aromatic carbocycles. The van der Waals surface area contributed by atoms with Crippen molar-refractivity contribution in [2.75, 3.05) is 13.1 Å². The Labute approximate surface area is 212 Å². The van der Waals surface area contributed by atoms with Crippen molar-refractivity contribution in [3.8, 4) is 22.4 Å². The highest BCUT2D eigenvalue weighted by Crippen LogP contribution is 2.37. The largest absolute Gasteiger partial charge is 0.352 e. The van der Waals surface area contributed by atoms with Gasteiger partial charge in [0.2, 0.25) is 5.91 Å². The zero-order valence-electron chi connectivity index (χ0n) is 20.3. The van der Waals surface area contributed by atoms with Crippen molar-refractivity contribution in [1.29, 1.82) is 0 Å². The summed E-state index contributed by atoms with van der Waals surface area (Å²) in [4.78, 5) is 15.4. The summed E-state index contributed by atoms with van der Waals surface area (Å²) in [5.74, 6) is 0.700. The van der Waals surface area contributed by atoms with Gasteiger partial charge in [-0.05, 0) is 42.0 Å². The molecule has 3 fully saturated rings. The molecule has 4 atom stereocenters. The van der Waals surface area contributed by atoms with E-state index in [0.29, 0.717) is 18.5 Å². The zero-order valence-corrected chi connectivity index (χ0v) is 20.3. The van der Waals surface area contributed by atoms with E-state index in [9.17, 15) is 4.79 Å². The predicted octanol–water partition coefficient (Wildman–Crippen LogP) is 4.64. The highest BCUT2D eigenvalue weighted by atomic mass is 16.1. The van der Waals surface area contributed by atoms with Crippen LogP contribution in [0, 0.1) is 11.8 Å². The molecule has 3 aliphatic rings. The Hall–Kier alpha value is -3.77. The minimum atomic E-state index is 0.0770. The topological polar surface area (TPSA) is 63.1 Å². The van der Waals surface area contributed by atoms with Gasteiger partial charge in [-0.3, -0.25) is 14.4 Å². The molecule has 6 nitrogen and oxygen atoms in total. The third-order valence-electron chi connectivity index (χ3n) is 7.75. The number of carbonyl (C=O) groups excluding carboxylic acids is 1. The van der Waals surface area contributed by atoms with Crippen LogP contribution in [0.1, 0.15) is 18.4 Å². The molecule has 3 saturated heterocycles. The van der Waals surface area contributed by atoms with Crippen LogP contribution >= 0.6 is 0 Å². The fourth-order valence-corrected chi connectivity index (χ4v) is 5.74. The highest BCUT2D eigenvalue weighted by Gasteiger charge is 2.43. The first-order chi connectivity index (χ1) is 17.7. The molecule has 182 valence electrons. The Morgan fingerprint density at radius 1 is 0.889 bits per heavy atom. The average Bonchev–Trinajstić information content (AvgIpc) is 3.42. The number of amides is 1. The molecule has 0 spiro atoms. The number of piperidine rings is 3. The lowest BCUT2D eigenvalue weighted by Gasteiger charge is -2.49. The quantitative estimate of drug-likeness (QED) is 0.421. The van der Waals surface area contributed by atoms with Crippen molar-refractivity contribution in [2.45, 2.75) is 32.0 Å². The number of benzene rings is 3. The molecule has 4 aromatic rings. The van der Waals surface area contributed by atoms with Crippen LogP contribution in [0.3, 0.4) is 0 Å². The second kappa shape index (κ2) is 10.1. The molecule has 1 N–H and O–H groups in total. The number of nitrogens with zero attached hydrogens (tertiary/aromatic N) is 4. The molecule has 0 radical (unpaired) electrons. The second-order valence-electron chi connectivity index (χ2n) is 10.0. The Bertz CT molecular complexity index is 1300. The maximum absolute atomic E-state index is 12.9. The number of aromatic nitrogens is 3. The number of hydrogen-bond acceptors (Lipinski definition) is 4. The fraction of sp³-hybridized carbons (Fsp3) is 0.300. The Balaban J connectivity index is 1.06. The summed E-state index contributed by atoms with van der Waals surface area (Å²) in [6.07, 6.45) is 4.17. The van der Waals surface area contributed by atoms with Crippen LogP contribution in [0.4, 0.5) is 0 Å². The third-order valence-corrected chi connectivity index (χ3v) is 7.75. The lowest BCUT2D eigenvalue weighted by atomic mass is 9.75. The first kappa shape index (κ1) is 22.7. The maximum Gasteiger partial charge on any atom is 0.224 e. The van der Waals surface area contributed by atoms with E-state index in [4.69, 9.17) is 0 Å².